The van der Waals surface area contributed by atoms with Gasteiger partial charge in [-0.1, -0.05) is 37.2 Å². The summed E-state index contributed by atoms with van der Waals surface area (Å²) in [6.45, 7) is 5.71. The second-order valence-corrected chi connectivity index (χ2v) is 6.51. The van der Waals surface area contributed by atoms with Crippen LogP contribution in [0.4, 0.5) is 0 Å². The van der Waals surface area contributed by atoms with Gasteiger partial charge in [0, 0.05) is 31.0 Å². The van der Waals surface area contributed by atoms with Gasteiger partial charge in [-0.2, -0.15) is 4.98 Å². The maximum Gasteiger partial charge on any atom is 0.253 e. The van der Waals surface area contributed by atoms with Crippen molar-refractivity contribution in [3.8, 4) is 0 Å². The van der Waals surface area contributed by atoms with E-state index in [1.165, 1.54) is 0 Å². The molecule has 3 rings (SSSR count). The van der Waals surface area contributed by atoms with E-state index in [9.17, 15) is 4.79 Å². The zero-order chi connectivity index (χ0) is 16.2. The lowest BCUT2D eigenvalue weighted by Gasteiger charge is -2.31. The molecule has 0 unspecified atom stereocenters. The third-order valence-corrected chi connectivity index (χ3v) is 4.39. The number of benzene rings is 1. The Bertz CT molecular complexity index is 643. The first-order valence-corrected chi connectivity index (χ1v) is 8.30. The highest BCUT2D eigenvalue weighted by atomic mass is 16.5. The number of aromatic nitrogens is 2. The highest BCUT2D eigenvalue weighted by molar-refractivity contribution is 5.94. The predicted octanol–water partition coefficient (Wildman–Crippen LogP) is 3.29. The molecule has 2 aromatic rings. The molecule has 0 bridgehead atoms. The van der Waals surface area contributed by atoms with Crippen LogP contribution in [0.1, 0.15) is 54.7 Å². The van der Waals surface area contributed by atoms with Gasteiger partial charge in [-0.3, -0.25) is 4.79 Å². The number of likely N-dealkylation sites (tertiary alicyclic amines) is 1. The molecule has 23 heavy (non-hydrogen) atoms. The van der Waals surface area contributed by atoms with Gasteiger partial charge in [0.1, 0.15) is 0 Å². The van der Waals surface area contributed by atoms with Crippen molar-refractivity contribution in [2.24, 2.45) is 5.92 Å². The Morgan fingerprint density at radius 1 is 1.26 bits per heavy atom. The highest BCUT2D eigenvalue weighted by Gasteiger charge is 2.25. The first kappa shape index (κ1) is 15.7. The minimum atomic E-state index is 0.129. The fraction of sp³-hybridized carbons (Fsp3) is 0.500. The molecule has 2 heterocycles. The van der Waals surface area contributed by atoms with Crippen LogP contribution in [-0.2, 0) is 6.42 Å². The Balaban J connectivity index is 1.53. The van der Waals surface area contributed by atoms with E-state index >= 15 is 0 Å². The Hall–Kier alpha value is -2.17. The maximum absolute atomic E-state index is 12.4. The number of amides is 1. The number of nitrogens with zero attached hydrogens (tertiary/aromatic N) is 3. The normalized spacial score (nSPS) is 16.0. The molecule has 1 fully saturated rings. The Morgan fingerprint density at radius 2 is 1.96 bits per heavy atom. The van der Waals surface area contributed by atoms with Crippen LogP contribution >= 0.6 is 0 Å². The Kier molecular flexibility index (Phi) is 4.74. The molecule has 5 nitrogen and oxygen atoms in total. The number of rotatable bonds is 4. The zero-order valence-corrected chi connectivity index (χ0v) is 13.7. The van der Waals surface area contributed by atoms with Crippen molar-refractivity contribution in [3.05, 3.63) is 47.6 Å². The van der Waals surface area contributed by atoms with Crippen molar-refractivity contribution >= 4 is 5.91 Å². The molecule has 0 saturated carbocycles. The minimum Gasteiger partial charge on any atom is -0.339 e. The van der Waals surface area contributed by atoms with Crippen molar-refractivity contribution < 1.29 is 9.32 Å². The van der Waals surface area contributed by atoms with E-state index in [2.05, 4.69) is 24.0 Å². The highest BCUT2D eigenvalue weighted by Crippen LogP contribution is 2.23. The van der Waals surface area contributed by atoms with E-state index in [0.29, 0.717) is 5.92 Å². The molecule has 0 spiro atoms. The van der Waals surface area contributed by atoms with Crippen molar-refractivity contribution in [3.63, 3.8) is 0 Å². The van der Waals surface area contributed by atoms with Crippen LogP contribution in [-0.4, -0.2) is 34.0 Å². The molecule has 0 N–H and O–H groups in total. The lowest BCUT2D eigenvalue weighted by Crippen LogP contribution is -2.38. The number of hydrogen-bond donors (Lipinski definition) is 0. The largest absolute Gasteiger partial charge is 0.339 e. The molecule has 122 valence electrons. The number of hydrogen-bond acceptors (Lipinski definition) is 4. The van der Waals surface area contributed by atoms with E-state index < -0.39 is 0 Å². The van der Waals surface area contributed by atoms with Crippen molar-refractivity contribution in [2.45, 2.75) is 39.0 Å². The summed E-state index contributed by atoms with van der Waals surface area (Å²) in [5.74, 6) is 2.43. The van der Waals surface area contributed by atoms with Crippen molar-refractivity contribution in [1.82, 2.24) is 15.0 Å². The zero-order valence-electron chi connectivity index (χ0n) is 13.7. The topological polar surface area (TPSA) is 59.2 Å². The molecule has 5 heteroatoms. The van der Waals surface area contributed by atoms with Gasteiger partial charge in [-0.05, 0) is 30.9 Å². The van der Waals surface area contributed by atoms with Crippen LogP contribution < -0.4 is 0 Å². The quantitative estimate of drug-likeness (QED) is 0.869. The molecule has 1 saturated heterocycles. The molecule has 1 aromatic heterocycles. The summed E-state index contributed by atoms with van der Waals surface area (Å²) in [5, 5.41) is 4.01. The molecule has 1 aromatic carbocycles. The summed E-state index contributed by atoms with van der Waals surface area (Å²) in [4.78, 5) is 18.8. The fourth-order valence-corrected chi connectivity index (χ4v) is 2.94. The summed E-state index contributed by atoms with van der Waals surface area (Å²) in [6.07, 6.45) is 2.78. The molecule has 1 amide bonds. The molecule has 1 aliphatic heterocycles. The second kappa shape index (κ2) is 6.94. The van der Waals surface area contributed by atoms with Crippen molar-refractivity contribution in [2.75, 3.05) is 13.1 Å². The molecular formula is C18H23N3O2. The van der Waals surface area contributed by atoms with E-state index in [1.807, 2.05) is 35.2 Å². The Labute approximate surface area is 136 Å². The SMILES string of the molecule is CC(C)c1noc(CC2CCN(C(=O)c3ccccc3)CC2)n1. The van der Waals surface area contributed by atoms with Gasteiger partial charge in [0.15, 0.2) is 5.82 Å². The van der Waals surface area contributed by atoms with Crippen LogP contribution in [0.3, 0.4) is 0 Å². The number of carbonyl (C=O) groups excluding carboxylic acids is 1. The Morgan fingerprint density at radius 3 is 2.57 bits per heavy atom. The third kappa shape index (κ3) is 3.78. The maximum atomic E-state index is 12.4. The van der Waals surface area contributed by atoms with Crippen LogP contribution in [0.5, 0.6) is 0 Å². The van der Waals surface area contributed by atoms with E-state index in [1.54, 1.807) is 0 Å². The standard InChI is InChI=1S/C18H23N3O2/c1-13(2)17-19-16(23-20-17)12-14-8-10-21(11-9-14)18(22)15-6-4-3-5-7-15/h3-7,13-14H,8-12H2,1-2H3. The summed E-state index contributed by atoms with van der Waals surface area (Å²) in [5.41, 5.74) is 0.768. The van der Waals surface area contributed by atoms with Gasteiger partial charge in [0.25, 0.3) is 5.91 Å². The molecule has 1 aliphatic rings. The van der Waals surface area contributed by atoms with Gasteiger partial charge < -0.3 is 9.42 Å². The van der Waals surface area contributed by atoms with Crippen molar-refractivity contribution in [1.29, 1.82) is 0 Å². The first-order chi connectivity index (χ1) is 11.1. The summed E-state index contributed by atoms with van der Waals surface area (Å²) < 4.78 is 5.33. The van der Waals surface area contributed by atoms with Crippen LogP contribution in [0.15, 0.2) is 34.9 Å². The van der Waals surface area contributed by atoms with Crippen LogP contribution in [0, 0.1) is 5.92 Å². The lowest BCUT2D eigenvalue weighted by molar-refractivity contribution is 0.0687. The minimum absolute atomic E-state index is 0.129. The number of carbonyl (C=O) groups is 1. The first-order valence-electron chi connectivity index (χ1n) is 8.30. The van der Waals surface area contributed by atoms with Gasteiger partial charge in [0.05, 0.1) is 0 Å². The van der Waals surface area contributed by atoms with Gasteiger partial charge >= 0.3 is 0 Å². The lowest BCUT2D eigenvalue weighted by atomic mass is 9.93. The predicted molar refractivity (Wildman–Crippen MR) is 87.2 cm³/mol. The number of piperidine rings is 1. The average molecular weight is 313 g/mol. The van der Waals surface area contributed by atoms with E-state index in [0.717, 1.165) is 49.6 Å². The molecular weight excluding hydrogens is 290 g/mol. The van der Waals surface area contributed by atoms with Gasteiger partial charge in [-0.15, -0.1) is 0 Å². The second-order valence-electron chi connectivity index (χ2n) is 6.51. The molecule has 0 aliphatic carbocycles. The van der Waals surface area contributed by atoms with Crippen LogP contribution in [0.2, 0.25) is 0 Å². The van der Waals surface area contributed by atoms with Gasteiger partial charge in [-0.25, -0.2) is 0 Å². The van der Waals surface area contributed by atoms with E-state index in [4.69, 9.17) is 4.52 Å². The fourth-order valence-electron chi connectivity index (χ4n) is 2.94. The summed E-state index contributed by atoms with van der Waals surface area (Å²) in [7, 11) is 0. The smallest absolute Gasteiger partial charge is 0.253 e. The average Bonchev–Trinajstić information content (AvgIpc) is 3.04. The van der Waals surface area contributed by atoms with E-state index in [-0.39, 0.29) is 11.8 Å². The van der Waals surface area contributed by atoms with Gasteiger partial charge in [0.2, 0.25) is 5.89 Å². The monoisotopic (exact) mass is 313 g/mol. The molecule has 0 atom stereocenters. The van der Waals surface area contributed by atoms with Crippen LogP contribution in [0.25, 0.3) is 0 Å². The summed E-state index contributed by atoms with van der Waals surface area (Å²) >= 11 is 0. The third-order valence-electron chi connectivity index (χ3n) is 4.39. The summed E-state index contributed by atoms with van der Waals surface area (Å²) in [6, 6.07) is 9.49. The molecule has 0 radical (unpaired) electrons.